The lowest BCUT2D eigenvalue weighted by Gasteiger charge is -2.05. The summed E-state index contributed by atoms with van der Waals surface area (Å²) >= 11 is 0. The Bertz CT molecular complexity index is 325. The Morgan fingerprint density at radius 1 is 1.62 bits per heavy atom. The molecule has 0 saturated heterocycles. The number of rotatable bonds is 3. The van der Waals surface area contributed by atoms with Gasteiger partial charge < -0.3 is 10.5 Å². The molecule has 0 unspecified atom stereocenters. The second-order valence-electron chi connectivity index (χ2n) is 2.72. The van der Waals surface area contributed by atoms with Crippen LogP contribution in [0.3, 0.4) is 0 Å². The van der Waals surface area contributed by atoms with Crippen molar-refractivity contribution in [1.29, 1.82) is 5.41 Å². The van der Waals surface area contributed by atoms with Crippen LogP contribution in [0.25, 0.3) is 0 Å². The monoisotopic (exact) mass is 182 g/mol. The van der Waals surface area contributed by atoms with Crippen molar-refractivity contribution in [3.05, 3.63) is 29.6 Å². The predicted octanol–water partition coefficient (Wildman–Crippen LogP) is 1.45. The summed E-state index contributed by atoms with van der Waals surface area (Å²) in [6, 6.07) is 4.53. The van der Waals surface area contributed by atoms with Crippen LogP contribution < -0.4 is 10.5 Å². The molecule has 13 heavy (non-hydrogen) atoms. The van der Waals surface area contributed by atoms with E-state index in [-0.39, 0.29) is 18.3 Å². The first-order valence-electron chi connectivity index (χ1n) is 3.81. The maximum atomic E-state index is 12.9. The lowest BCUT2D eigenvalue weighted by molar-refractivity contribution is 0.371. The van der Waals surface area contributed by atoms with Gasteiger partial charge in [-0.15, -0.1) is 0 Å². The van der Waals surface area contributed by atoms with Crippen LogP contribution in [0, 0.1) is 18.2 Å². The van der Waals surface area contributed by atoms with Gasteiger partial charge in [-0.1, -0.05) is 6.07 Å². The van der Waals surface area contributed by atoms with E-state index in [1.165, 1.54) is 6.07 Å². The van der Waals surface area contributed by atoms with Crippen molar-refractivity contribution in [3.63, 3.8) is 0 Å². The summed E-state index contributed by atoms with van der Waals surface area (Å²) in [5, 5.41) is 6.90. The average molecular weight is 182 g/mol. The number of hydrogen-bond acceptors (Lipinski definition) is 2. The standard InChI is InChI=1S/C9H11FN2O/c1-6-2-3-7(4-8(6)10)13-5-9(11)12/h2-4H,5H2,1H3,(H3,11,12). The number of ether oxygens (including phenoxy) is 1. The molecular formula is C9H11FN2O. The second-order valence-corrected chi connectivity index (χ2v) is 2.72. The highest BCUT2D eigenvalue weighted by atomic mass is 19.1. The number of halogens is 1. The molecule has 0 saturated carbocycles. The van der Waals surface area contributed by atoms with E-state index >= 15 is 0 Å². The number of nitrogens with one attached hydrogen (secondary N) is 1. The van der Waals surface area contributed by atoms with Crippen LogP contribution in [0.2, 0.25) is 0 Å². The van der Waals surface area contributed by atoms with Gasteiger partial charge in [0.2, 0.25) is 0 Å². The van der Waals surface area contributed by atoms with Gasteiger partial charge in [0.25, 0.3) is 0 Å². The van der Waals surface area contributed by atoms with E-state index in [9.17, 15) is 4.39 Å². The van der Waals surface area contributed by atoms with E-state index in [1.807, 2.05) is 0 Å². The Balaban J connectivity index is 2.68. The van der Waals surface area contributed by atoms with Crippen LogP contribution in [0.4, 0.5) is 4.39 Å². The predicted molar refractivity (Wildman–Crippen MR) is 48.5 cm³/mol. The molecule has 1 rings (SSSR count). The van der Waals surface area contributed by atoms with Gasteiger partial charge in [0, 0.05) is 6.07 Å². The third-order valence-electron chi connectivity index (χ3n) is 1.54. The van der Waals surface area contributed by atoms with Crippen molar-refractivity contribution < 1.29 is 9.13 Å². The van der Waals surface area contributed by atoms with Gasteiger partial charge in [0.1, 0.15) is 24.0 Å². The Labute approximate surface area is 75.8 Å². The van der Waals surface area contributed by atoms with E-state index in [4.69, 9.17) is 15.9 Å². The van der Waals surface area contributed by atoms with Gasteiger partial charge in [0.15, 0.2) is 0 Å². The smallest absolute Gasteiger partial charge is 0.145 e. The van der Waals surface area contributed by atoms with Gasteiger partial charge in [-0.3, -0.25) is 5.41 Å². The summed E-state index contributed by atoms with van der Waals surface area (Å²) in [6.45, 7) is 1.66. The lowest BCUT2D eigenvalue weighted by atomic mass is 10.2. The van der Waals surface area contributed by atoms with Crippen LogP contribution in [-0.4, -0.2) is 12.4 Å². The maximum absolute atomic E-state index is 12.9. The zero-order chi connectivity index (χ0) is 9.84. The molecule has 0 fully saturated rings. The lowest BCUT2D eigenvalue weighted by Crippen LogP contribution is -2.19. The fraction of sp³-hybridized carbons (Fsp3) is 0.222. The molecule has 0 bridgehead atoms. The van der Waals surface area contributed by atoms with Crippen LogP contribution in [0.5, 0.6) is 5.75 Å². The highest BCUT2D eigenvalue weighted by Crippen LogP contribution is 2.15. The summed E-state index contributed by atoms with van der Waals surface area (Å²) in [5.41, 5.74) is 5.64. The molecule has 0 radical (unpaired) electrons. The second kappa shape index (κ2) is 3.89. The van der Waals surface area contributed by atoms with Gasteiger partial charge >= 0.3 is 0 Å². The molecule has 0 heterocycles. The molecule has 0 atom stereocenters. The van der Waals surface area contributed by atoms with Crippen LogP contribution in [0.1, 0.15) is 5.56 Å². The third kappa shape index (κ3) is 2.74. The van der Waals surface area contributed by atoms with Crippen molar-refractivity contribution in [2.75, 3.05) is 6.61 Å². The quantitative estimate of drug-likeness (QED) is 0.549. The minimum atomic E-state index is -0.318. The highest BCUT2D eigenvalue weighted by Gasteiger charge is 2.00. The van der Waals surface area contributed by atoms with E-state index in [0.29, 0.717) is 11.3 Å². The molecule has 4 heteroatoms. The molecule has 0 aliphatic heterocycles. The summed E-state index contributed by atoms with van der Waals surface area (Å²) < 4.78 is 18.0. The fourth-order valence-electron chi connectivity index (χ4n) is 0.824. The average Bonchev–Trinajstić information content (AvgIpc) is 2.07. The SMILES string of the molecule is Cc1ccc(OCC(=N)N)cc1F. The molecule has 1 aromatic rings. The number of nitrogens with two attached hydrogens (primary N) is 1. The molecule has 0 amide bonds. The summed E-state index contributed by atoms with van der Waals surface area (Å²) in [6.07, 6.45) is 0. The molecular weight excluding hydrogens is 171 g/mol. The minimum Gasteiger partial charge on any atom is -0.486 e. The molecule has 0 aliphatic rings. The number of amidine groups is 1. The first kappa shape index (κ1) is 9.51. The largest absolute Gasteiger partial charge is 0.486 e. The van der Waals surface area contributed by atoms with Crippen molar-refractivity contribution in [2.24, 2.45) is 5.73 Å². The van der Waals surface area contributed by atoms with Crippen LogP contribution in [-0.2, 0) is 0 Å². The first-order chi connectivity index (χ1) is 6.09. The topological polar surface area (TPSA) is 59.1 Å². The maximum Gasteiger partial charge on any atom is 0.145 e. The Hall–Kier alpha value is -1.58. The van der Waals surface area contributed by atoms with E-state index in [2.05, 4.69) is 0 Å². The fourth-order valence-corrected chi connectivity index (χ4v) is 0.824. The zero-order valence-corrected chi connectivity index (χ0v) is 7.30. The van der Waals surface area contributed by atoms with Crippen molar-refractivity contribution in [1.82, 2.24) is 0 Å². The van der Waals surface area contributed by atoms with Crippen molar-refractivity contribution >= 4 is 5.84 Å². The van der Waals surface area contributed by atoms with E-state index in [0.717, 1.165) is 0 Å². The van der Waals surface area contributed by atoms with Gasteiger partial charge in [-0.2, -0.15) is 0 Å². The molecule has 1 aromatic carbocycles. The molecule has 0 aromatic heterocycles. The van der Waals surface area contributed by atoms with Crippen molar-refractivity contribution in [3.8, 4) is 5.75 Å². The normalized spacial score (nSPS) is 9.69. The van der Waals surface area contributed by atoms with Crippen LogP contribution >= 0.6 is 0 Å². The van der Waals surface area contributed by atoms with E-state index in [1.54, 1.807) is 19.1 Å². The number of benzene rings is 1. The molecule has 3 nitrogen and oxygen atoms in total. The van der Waals surface area contributed by atoms with Gasteiger partial charge in [-0.05, 0) is 18.6 Å². The van der Waals surface area contributed by atoms with Crippen LogP contribution in [0.15, 0.2) is 18.2 Å². The summed E-state index contributed by atoms with van der Waals surface area (Å²) in [5.74, 6) is -0.0136. The Kier molecular flexibility index (Phi) is 2.84. The molecule has 0 aliphatic carbocycles. The molecule has 3 N–H and O–H groups in total. The molecule has 0 spiro atoms. The number of hydrogen-bond donors (Lipinski definition) is 2. The third-order valence-corrected chi connectivity index (χ3v) is 1.54. The molecule has 70 valence electrons. The van der Waals surface area contributed by atoms with E-state index < -0.39 is 0 Å². The summed E-state index contributed by atoms with van der Waals surface area (Å²) in [7, 11) is 0. The van der Waals surface area contributed by atoms with Gasteiger partial charge in [0.05, 0.1) is 0 Å². The number of aryl methyl sites for hydroxylation is 1. The Morgan fingerprint density at radius 3 is 2.85 bits per heavy atom. The highest BCUT2D eigenvalue weighted by molar-refractivity contribution is 5.78. The van der Waals surface area contributed by atoms with Crippen molar-refractivity contribution in [2.45, 2.75) is 6.92 Å². The first-order valence-corrected chi connectivity index (χ1v) is 3.81. The van der Waals surface area contributed by atoms with Gasteiger partial charge in [-0.25, -0.2) is 4.39 Å². The summed E-state index contributed by atoms with van der Waals surface area (Å²) in [4.78, 5) is 0. The zero-order valence-electron chi connectivity index (χ0n) is 7.30. The minimum absolute atomic E-state index is 0.0114. The Morgan fingerprint density at radius 2 is 2.31 bits per heavy atom.